The van der Waals surface area contributed by atoms with E-state index in [9.17, 15) is 9.59 Å². The lowest BCUT2D eigenvalue weighted by atomic mass is 10.2. The summed E-state index contributed by atoms with van der Waals surface area (Å²) in [5.74, 6) is 0.287. The summed E-state index contributed by atoms with van der Waals surface area (Å²) in [6.45, 7) is 5.37. The standard InChI is InChI=1S/C20H20BrN3O3S/c1-12-4-6-15(7-5-12)11-27-18-9-8-16(10-17(18)21)19-24(14(3)26)23-20(28-19)22-13(2)25/h4-10,19H,11H2,1-3H3,(H,22,23,25)/t19-/m1/s1. The number of halogens is 1. The number of hydrogen-bond acceptors (Lipinski definition) is 5. The van der Waals surface area contributed by atoms with Gasteiger partial charge in [-0.05, 0) is 46.1 Å². The van der Waals surface area contributed by atoms with Crippen LogP contribution in [-0.4, -0.2) is 22.0 Å². The Hall–Kier alpha value is -2.32. The topological polar surface area (TPSA) is 71.0 Å². The Morgan fingerprint density at radius 3 is 2.54 bits per heavy atom. The number of amidine groups is 1. The number of ether oxygens (including phenoxy) is 1. The molecule has 2 amide bonds. The number of rotatable bonds is 4. The van der Waals surface area contributed by atoms with E-state index in [0.29, 0.717) is 17.5 Å². The molecule has 0 aromatic heterocycles. The highest BCUT2D eigenvalue weighted by molar-refractivity contribution is 9.10. The van der Waals surface area contributed by atoms with Crippen molar-refractivity contribution >= 4 is 44.7 Å². The highest BCUT2D eigenvalue weighted by Gasteiger charge is 2.32. The number of aryl methyl sites for hydroxylation is 1. The van der Waals surface area contributed by atoms with Crippen LogP contribution in [0.25, 0.3) is 0 Å². The first kappa shape index (κ1) is 20.4. The number of hydrazone groups is 1. The number of carbonyl (C=O) groups excluding carboxylic acids is 2. The number of nitrogens with zero attached hydrogens (tertiary/aromatic N) is 2. The molecule has 0 spiro atoms. The molecule has 0 fully saturated rings. The van der Waals surface area contributed by atoms with Gasteiger partial charge in [-0.1, -0.05) is 47.7 Å². The third-order valence-corrected chi connectivity index (χ3v) is 5.73. The van der Waals surface area contributed by atoms with E-state index in [-0.39, 0.29) is 17.2 Å². The van der Waals surface area contributed by atoms with Crippen LogP contribution in [0.3, 0.4) is 0 Å². The van der Waals surface area contributed by atoms with Gasteiger partial charge in [-0.25, -0.2) is 5.01 Å². The SMILES string of the molecule is CC(=O)NC1=NN(C(C)=O)[C@@H](c2ccc(OCc3ccc(C)cc3)c(Br)c2)S1. The fourth-order valence-corrected chi connectivity index (χ4v) is 4.25. The predicted octanol–water partition coefficient (Wildman–Crippen LogP) is 4.34. The Morgan fingerprint density at radius 2 is 1.93 bits per heavy atom. The number of benzene rings is 2. The largest absolute Gasteiger partial charge is 0.488 e. The maximum absolute atomic E-state index is 12.0. The predicted molar refractivity (Wildman–Crippen MR) is 114 cm³/mol. The normalized spacial score (nSPS) is 15.9. The Labute approximate surface area is 176 Å². The third kappa shape index (κ3) is 4.94. The highest BCUT2D eigenvalue weighted by atomic mass is 79.9. The van der Waals surface area contributed by atoms with Crippen LogP contribution in [-0.2, 0) is 16.2 Å². The van der Waals surface area contributed by atoms with Crippen LogP contribution in [0, 0.1) is 6.92 Å². The van der Waals surface area contributed by atoms with Gasteiger partial charge in [0.2, 0.25) is 11.8 Å². The molecule has 6 nitrogen and oxygen atoms in total. The van der Waals surface area contributed by atoms with E-state index < -0.39 is 0 Å². The first-order chi connectivity index (χ1) is 13.3. The van der Waals surface area contributed by atoms with Crippen LogP contribution in [0.15, 0.2) is 52.0 Å². The van der Waals surface area contributed by atoms with Crippen molar-refractivity contribution in [2.75, 3.05) is 0 Å². The average molecular weight is 462 g/mol. The van der Waals surface area contributed by atoms with Crippen molar-refractivity contribution in [3.8, 4) is 5.75 Å². The summed E-state index contributed by atoms with van der Waals surface area (Å²) in [6.07, 6.45) is 0. The first-order valence-electron chi connectivity index (χ1n) is 8.64. The lowest BCUT2D eigenvalue weighted by Crippen LogP contribution is -2.25. The van der Waals surface area contributed by atoms with E-state index in [2.05, 4.69) is 38.5 Å². The zero-order valence-corrected chi connectivity index (χ0v) is 18.1. The molecule has 2 aromatic carbocycles. The monoisotopic (exact) mass is 461 g/mol. The molecule has 0 aliphatic carbocycles. The van der Waals surface area contributed by atoms with Crippen LogP contribution in [0.1, 0.15) is 35.9 Å². The van der Waals surface area contributed by atoms with E-state index in [1.54, 1.807) is 0 Å². The second kappa shape index (κ2) is 8.79. The lowest BCUT2D eigenvalue weighted by molar-refractivity contribution is -0.129. The summed E-state index contributed by atoms with van der Waals surface area (Å²) in [7, 11) is 0. The Kier molecular flexibility index (Phi) is 6.41. The summed E-state index contributed by atoms with van der Waals surface area (Å²) in [5.41, 5.74) is 3.17. The van der Waals surface area contributed by atoms with Gasteiger partial charge in [0.25, 0.3) is 0 Å². The number of thioether (sulfide) groups is 1. The molecule has 8 heteroatoms. The zero-order chi connectivity index (χ0) is 20.3. The molecule has 0 saturated carbocycles. The molecule has 0 unspecified atom stereocenters. The first-order valence-corrected chi connectivity index (χ1v) is 10.3. The number of amides is 2. The number of hydrogen-bond donors (Lipinski definition) is 1. The summed E-state index contributed by atoms with van der Waals surface area (Å²) in [5, 5.41) is 8.27. The molecule has 1 N–H and O–H groups in total. The molecule has 146 valence electrons. The maximum Gasteiger partial charge on any atom is 0.241 e. The van der Waals surface area contributed by atoms with Gasteiger partial charge in [-0.2, -0.15) is 0 Å². The van der Waals surface area contributed by atoms with E-state index in [4.69, 9.17) is 4.74 Å². The smallest absolute Gasteiger partial charge is 0.241 e. The van der Waals surface area contributed by atoms with Crippen LogP contribution >= 0.6 is 27.7 Å². The van der Waals surface area contributed by atoms with Crippen molar-refractivity contribution < 1.29 is 14.3 Å². The van der Waals surface area contributed by atoms with Gasteiger partial charge in [0.15, 0.2) is 5.17 Å². The number of nitrogens with one attached hydrogen (secondary N) is 1. The Morgan fingerprint density at radius 1 is 1.21 bits per heavy atom. The Balaban J connectivity index is 1.73. The molecule has 0 bridgehead atoms. The van der Waals surface area contributed by atoms with Crippen molar-refractivity contribution in [1.82, 2.24) is 10.3 Å². The zero-order valence-electron chi connectivity index (χ0n) is 15.7. The van der Waals surface area contributed by atoms with Crippen molar-refractivity contribution in [3.63, 3.8) is 0 Å². The minimum Gasteiger partial charge on any atom is -0.488 e. The maximum atomic E-state index is 12.0. The van der Waals surface area contributed by atoms with Crippen molar-refractivity contribution in [3.05, 3.63) is 63.6 Å². The second-order valence-electron chi connectivity index (χ2n) is 6.38. The second-order valence-corrected chi connectivity index (χ2v) is 8.31. The summed E-state index contributed by atoms with van der Waals surface area (Å²) in [4.78, 5) is 23.2. The molecule has 1 atom stereocenters. The molecule has 2 aromatic rings. The van der Waals surface area contributed by atoms with Gasteiger partial charge in [0.1, 0.15) is 17.7 Å². The van der Waals surface area contributed by atoms with Crippen LogP contribution in [0.4, 0.5) is 0 Å². The fourth-order valence-electron chi connectivity index (χ4n) is 2.61. The van der Waals surface area contributed by atoms with Crippen molar-refractivity contribution in [2.45, 2.75) is 32.8 Å². The fraction of sp³-hybridized carbons (Fsp3) is 0.250. The molecule has 1 heterocycles. The van der Waals surface area contributed by atoms with E-state index in [0.717, 1.165) is 15.6 Å². The van der Waals surface area contributed by atoms with Crippen molar-refractivity contribution in [1.29, 1.82) is 0 Å². The average Bonchev–Trinajstić information content (AvgIpc) is 3.05. The quantitative estimate of drug-likeness (QED) is 0.734. The summed E-state index contributed by atoms with van der Waals surface area (Å²) < 4.78 is 6.69. The van der Waals surface area contributed by atoms with E-state index >= 15 is 0 Å². The minimum absolute atomic E-state index is 0.200. The molecule has 3 rings (SSSR count). The highest BCUT2D eigenvalue weighted by Crippen LogP contribution is 2.41. The van der Waals surface area contributed by atoms with Gasteiger partial charge >= 0.3 is 0 Å². The molecule has 0 radical (unpaired) electrons. The van der Waals surface area contributed by atoms with E-state index in [1.165, 1.54) is 36.2 Å². The molecule has 1 aliphatic rings. The van der Waals surface area contributed by atoms with Gasteiger partial charge in [0, 0.05) is 13.8 Å². The van der Waals surface area contributed by atoms with Crippen LogP contribution in [0.5, 0.6) is 5.75 Å². The van der Waals surface area contributed by atoms with Gasteiger partial charge < -0.3 is 10.1 Å². The third-order valence-electron chi connectivity index (χ3n) is 4.01. The Bertz CT molecular complexity index is 931. The summed E-state index contributed by atoms with van der Waals surface area (Å²) >= 11 is 4.86. The van der Waals surface area contributed by atoms with Gasteiger partial charge in [-0.3, -0.25) is 9.59 Å². The molecular weight excluding hydrogens is 442 g/mol. The molecule has 28 heavy (non-hydrogen) atoms. The van der Waals surface area contributed by atoms with E-state index in [1.807, 2.05) is 37.3 Å². The lowest BCUT2D eigenvalue weighted by Gasteiger charge is -2.20. The van der Waals surface area contributed by atoms with Crippen LogP contribution in [0.2, 0.25) is 0 Å². The molecule has 1 aliphatic heterocycles. The minimum atomic E-state index is -0.346. The van der Waals surface area contributed by atoms with Crippen molar-refractivity contribution in [2.24, 2.45) is 5.10 Å². The van der Waals surface area contributed by atoms with Crippen LogP contribution < -0.4 is 10.1 Å². The number of carbonyl (C=O) groups is 2. The summed E-state index contributed by atoms with van der Waals surface area (Å²) in [6, 6.07) is 13.9. The molecular formula is C20H20BrN3O3S. The molecule has 0 saturated heterocycles. The van der Waals surface area contributed by atoms with Gasteiger partial charge in [0.05, 0.1) is 4.47 Å². The van der Waals surface area contributed by atoms with Gasteiger partial charge in [-0.15, -0.1) is 5.10 Å².